The molecule has 0 aliphatic carbocycles. The van der Waals surface area contributed by atoms with Gasteiger partial charge in [0.05, 0.1) is 12.5 Å². The Labute approximate surface area is 93.4 Å². The number of hydrogen-bond donors (Lipinski definition) is 0. The molecule has 2 unspecified atom stereocenters. The summed E-state index contributed by atoms with van der Waals surface area (Å²) in [5, 5.41) is 0. The Balaban J connectivity index is 4.87. The summed E-state index contributed by atoms with van der Waals surface area (Å²) in [6, 6.07) is 0. The average molecular weight is 210 g/mol. The average Bonchev–Trinajstić information content (AvgIpc) is 2.27. The van der Waals surface area contributed by atoms with E-state index in [1.54, 1.807) is 0 Å². The van der Waals surface area contributed by atoms with Crippen molar-refractivity contribution in [2.75, 3.05) is 7.11 Å². The zero-order valence-electron chi connectivity index (χ0n) is 10.5. The number of hydrogen-bond acceptors (Lipinski definition) is 2. The predicted octanol–water partition coefficient (Wildman–Crippen LogP) is 3.02. The predicted molar refractivity (Wildman–Crippen MR) is 62.3 cm³/mol. The van der Waals surface area contributed by atoms with Gasteiger partial charge in [0.1, 0.15) is 0 Å². The van der Waals surface area contributed by atoms with Gasteiger partial charge < -0.3 is 4.74 Å². The van der Waals surface area contributed by atoms with E-state index in [0.29, 0.717) is 6.42 Å². The van der Waals surface area contributed by atoms with Gasteiger partial charge in [0.15, 0.2) is 0 Å². The second-order valence-electron chi connectivity index (χ2n) is 4.64. The normalized spacial score (nSPS) is 18.4. The van der Waals surface area contributed by atoms with Crippen LogP contribution in [0.1, 0.15) is 47.0 Å². The van der Waals surface area contributed by atoms with Crippen molar-refractivity contribution in [3.05, 3.63) is 0 Å². The van der Waals surface area contributed by atoms with E-state index in [1.165, 1.54) is 7.11 Å². The first-order valence-electron chi connectivity index (χ1n) is 5.43. The highest BCUT2D eigenvalue weighted by Crippen LogP contribution is 2.39. The number of methoxy groups -OCH3 is 1. The maximum atomic E-state index is 11.7. The monoisotopic (exact) mass is 210 g/mol. The largest absolute Gasteiger partial charge is 0.469 e. The number of terminal acetylenes is 1. The van der Waals surface area contributed by atoms with Crippen LogP contribution in [0.25, 0.3) is 0 Å². The molecule has 0 aliphatic heterocycles. The molecule has 0 bridgehead atoms. The minimum Gasteiger partial charge on any atom is -0.469 e. The van der Waals surface area contributed by atoms with E-state index in [4.69, 9.17) is 11.2 Å². The zero-order valence-corrected chi connectivity index (χ0v) is 10.5. The van der Waals surface area contributed by atoms with E-state index < -0.39 is 5.41 Å². The standard InChI is InChI=1S/C13H22O2/c1-7-12(4,8-2)10-13(5,9-3)11(14)15-6/h1H,8-10H2,2-6H3. The van der Waals surface area contributed by atoms with E-state index in [2.05, 4.69) is 5.92 Å². The SMILES string of the molecule is C#CC(C)(CC)CC(C)(CC)C(=O)OC. The molecule has 2 heteroatoms. The van der Waals surface area contributed by atoms with E-state index in [1.807, 2.05) is 27.7 Å². The van der Waals surface area contributed by atoms with Crippen molar-refractivity contribution in [1.82, 2.24) is 0 Å². The van der Waals surface area contributed by atoms with Crippen LogP contribution in [-0.2, 0) is 9.53 Å². The molecule has 0 aromatic carbocycles. The Bertz CT molecular complexity index is 264. The minimum atomic E-state index is -0.466. The highest BCUT2D eigenvalue weighted by atomic mass is 16.5. The molecule has 2 nitrogen and oxygen atoms in total. The molecule has 0 aliphatic rings. The molecular weight excluding hydrogens is 188 g/mol. The molecule has 0 aromatic rings. The number of esters is 1. The maximum absolute atomic E-state index is 11.7. The van der Waals surface area contributed by atoms with Crippen molar-refractivity contribution in [2.24, 2.45) is 10.8 Å². The Morgan fingerprint density at radius 3 is 2.13 bits per heavy atom. The Hall–Kier alpha value is -0.970. The first-order valence-corrected chi connectivity index (χ1v) is 5.43. The molecular formula is C13H22O2. The van der Waals surface area contributed by atoms with Gasteiger partial charge in [-0.3, -0.25) is 4.79 Å². The van der Waals surface area contributed by atoms with Crippen LogP contribution in [0.5, 0.6) is 0 Å². The Morgan fingerprint density at radius 2 is 1.87 bits per heavy atom. The Kier molecular flexibility index (Phi) is 4.87. The number of ether oxygens (including phenoxy) is 1. The second kappa shape index (κ2) is 5.21. The molecule has 0 radical (unpaired) electrons. The molecule has 86 valence electrons. The fraction of sp³-hybridized carbons (Fsp3) is 0.769. The highest BCUT2D eigenvalue weighted by molar-refractivity contribution is 5.76. The lowest BCUT2D eigenvalue weighted by atomic mass is 9.70. The molecule has 15 heavy (non-hydrogen) atoms. The highest BCUT2D eigenvalue weighted by Gasteiger charge is 2.38. The van der Waals surface area contributed by atoms with E-state index in [-0.39, 0.29) is 11.4 Å². The van der Waals surface area contributed by atoms with Gasteiger partial charge in [-0.05, 0) is 33.1 Å². The van der Waals surface area contributed by atoms with Crippen LogP contribution in [0.15, 0.2) is 0 Å². The molecule has 0 heterocycles. The topological polar surface area (TPSA) is 26.3 Å². The fourth-order valence-electron chi connectivity index (χ4n) is 1.73. The lowest BCUT2D eigenvalue weighted by molar-refractivity contribution is -0.153. The summed E-state index contributed by atoms with van der Waals surface area (Å²) in [4.78, 5) is 11.7. The van der Waals surface area contributed by atoms with E-state index in [0.717, 1.165) is 12.8 Å². The first kappa shape index (κ1) is 14.0. The third kappa shape index (κ3) is 3.27. The molecule has 2 atom stereocenters. The molecule has 0 saturated heterocycles. The molecule has 0 rings (SSSR count). The van der Waals surface area contributed by atoms with Crippen LogP contribution < -0.4 is 0 Å². The summed E-state index contributed by atoms with van der Waals surface area (Å²) in [5.74, 6) is 2.62. The van der Waals surface area contributed by atoms with Crippen LogP contribution in [0.2, 0.25) is 0 Å². The molecule has 0 N–H and O–H groups in total. The van der Waals surface area contributed by atoms with Gasteiger partial charge in [0.25, 0.3) is 0 Å². The van der Waals surface area contributed by atoms with Gasteiger partial charge in [-0.1, -0.05) is 13.8 Å². The van der Waals surface area contributed by atoms with Crippen molar-refractivity contribution < 1.29 is 9.53 Å². The summed E-state index contributed by atoms with van der Waals surface area (Å²) in [5.41, 5.74) is -0.690. The van der Waals surface area contributed by atoms with Crippen molar-refractivity contribution in [2.45, 2.75) is 47.0 Å². The first-order chi connectivity index (χ1) is 6.87. The lowest BCUT2D eigenvalue weighted by Gasteiger charge is -2.33. The molecule has 0 aromatic heterocycles. The van der Waals surface area contributed by atoms with Crippen LogP contribution >= 0.6 is 0 Å². The molecule has 0 spiro atoms. The van der Waals surface area contributed by atoms with Crippen LogP contribution in [0.4, 0.5) is 0 Å². The maximum Gasteiger partial charge on any atom is 0.311 e. The van der Waals surface area contributed by atoms with Gasteiger partial charge in [-0.15, -0.1) is 12.3 Å². The number of rotatable bonds is 5. The quantitative estimate of drug-likeness (QED) is 0.515. The van der Waals surface area contributed by atoms with Gasteiger partial charge in [-0.2, -0.15) is 0 Å². The summed E-state index contributed by atoms with van der Waals surface area (Å²) in [6.45, 7) is 7.98. The zero-order chi connectivity index (χ0) is 12.1. The third-order valence-electron chi connectivity index (χ3n) is 3.37. The van der Waals surface area contributed by atoms with Gasteiger partial charge >= 0.3 is 5.97 Å². The summed E-state index contributed by atoms with van der Waals surface area (Å²) < 4.78 is 4.83. The summed E-state index contributed by atoms with van der Waals surface area (Å²) in [6.07, 6.45) is 7.81. The van der Waals surface area contributed by atoms with Gasteiger partial charge in [0.2, 0.25) is 0 Å². The molecule has 0 fully saturated rings. The second-order valence-corrected chi connectivity index (χ2v) is 4.64. The summed E-state index contributed by atoms with van der Waals surface area (Å²) in [7, 11) is 1.43. The smallest absolute Gasteiger partial charge is 0.311 e. The Morgan fingerprint density at radius 1 is 1.33 bits per heavy atom. The van der Waals surface area contributed by atoms with E-state index in [9.17, 15) is 4.79 Å². The number of carbonyl (C=O) groups excluding carboxylic acids is 1. The van der Waals surface area contributed by atoms with Gasteiger partial charge in [-0.25, -0.2) is 0 Å². The van der Waals surface area contributed by atoms with Crippen LogP contribution in [0, 0.1) is 23.2 Å². The van der Waals surface area contributed by atoms with Crippen molar-refractivity contribution in [1.29, 1.82) is 0 Å². The number of carbonyl (C=O) groups is 1. The van der Waals surface area contributed by atoms with Crippen molar-refractivity contribution >= 4 is 5.97 Å². The van der Waals surface area contributed by atoms with Crippen LogP contribution in [-0.4, -0.2) is 13.1 Å². The van der Waals surface area contributed by atoms with Gasteiger partial charge in [0, 0.05) is 5.41 Å². The summed E-state index contributed by atoms with van der Waals surface area (Å²) >= 11 is 0. The minimum absolute atomic E-state index is 0.167. The van der Waals surface area contributed by atoms with E-state index >= 15 is 0 Å². The van der Waals surface area contributed by atoms with Crippen molar-refractivity contribution in [3.63, 3.8) is 0 Å². The molecule has 0 amide bonds. The fourth-order valence-corrected chi connectivity index (χ4v) is 1.73. The third-order valence-corrected chi connectivity index (χ3v) is 3.37. The van der Waals surface area contributed by atoms with Crippen LogP contribution in [0.3, 0.4) is 0 Å². The lowest BCUT2D eigenvalue weighted by Crippen LogP contribution is -2.34. The molecule has 0 saturated carbocycles. The van der Waals surface area contributed by atoms with Crippen molar-refractivity contribution in [3.8, 4) is 12.3 Å².